The second kappa shape index (κ2) is 9.62. The summed E-state index contributed by atoms with van der Waals surface area (Å²) in [4.78, 5) is 18.8. The van der Waals surface area contributed by atoms with Crippen molar-refractivity contribution in [1.29, 1.82) is 0 Å². The van der Waals surface area contributed by atoms with E-state index in [0.29, 0.717) is 25.2 Å². The Morgan fingerprint density at radius 3 is 2.58 bits per heavy atom. The Balaban J connectivity index is 1.98. The van der Waals surface area contributed by atoms with Gasteiger partial charge in [0.05, 0.1) is 0 Å². The molecule has 26 heavy (non-hydrogen) atoms. The topological polar surface area (TPSA) is 58.1 Å². The van der Waals surface area contributed by atoms with Crippen LogP contribution in [0, 0.1) is 5.82 Å². The van der Waals surface area contributed by atoms with Crippen molar-refractivity contribution in [3.05, 3.63) is 41.5 Å². The van der Waals surface area contributed by atoms with Gasteiger partial charge in [0, 0.05) is 43.0 Å². The highest BCUT2D eigenvalue weighted by Gasteiger charge is 2.17. The molecule has 0 aliphatic rings. The maximum Gasteiger partial charge on any atom is 0.221 e. The van der Waals surface area contributed by atoms with Crippen LogP contribution in [0.5, 0.6) is 0 Å². The van der Waals surface area contributed by atoms with Gasteiger partial charge in [-0.05, 0) is 44.9 Å². The Labute approximate surface area is 158 Å². The fourth-order valence-electron chi connectivity index (χ4n) is 2.46. The SMILES string of the molecule is CC[C@@H](C)NC(=O)CCN(c1nc(Cc2ccc(F)cc2)ns1)C(C)C. The summed E-state index contributed by atoms with van der Waals surface area (Å²) in [6.07, 6.45) is 1.91. The molecule has 0 saturated heterocycles. The average molecular weight is 379 g/mol. The molecule has 0 bridgehead atoms. The van der Waals surface area contributed by atoms with Crippen molar-refractivity contribution in [3.8, 4) is 0 Å². The number of anilines is 1. The molecule has 7 heteroatoms. The van der Waals surface area contributed by atoms with Crippen LogP contribution >= 0.6 is 11.5 Å². The van der Waals surface area contributed by atoms with Crippen molar-refractivity contribution in [2.45, 2.75) is 59.0 Å². The molecule has 1 aromatic heterocycles. The molecule has 1 amide bonds. The molecule has 0 fully saturated rings. The summed E-state index contributed by atoms with van der Waals surface area (Å²) in [5, 5.41) is 3.80. The summed E-state index contributed by atoms with van der Waals surface area (Å²) >= 11 is 1.34. The number of hydrogen-bond acceptors (Lipinski definition) is 5. The van der Waals surface area contributed by atoms with Gasteiger partial charge < -0.3 is 10.2 Å². The van der Waals surface area contributed by atoms with E-state index < -0.39 is 0 Å². The standard InChI is InChI=1S/C19H27FN4OS/c1-5-14(4)21-18(25)10-11-24(13(2)3)19-22-17(23-26-19)12-15-6-8-16(20)9-7-15/h6-9,13-14H,5,10-12H2,1-4H3,(H,21,25)/t14-/m1/s1. The molecule has 0 radical (unpaired) electrons. The van der Waals surface area contributed by atoms with E-state index in [4.69, 9.17) is 0 Å². The minimum Gasteiger partial charge on any atom is -0.354 e. The van der Waals surface area contributed by atoms with E-state index in [1.165, 1.54) is 23.7 Å². The first-order chi connectivity index (χ1) is 12.4. The maximum atomic E-state index is 13.0. The lowest BCUT2D eigenvalue weighted by Gasteiger charge is -2.25. The number of rotatable bonds is 9. The number of amides is 1. The Hall–Kier alpha value is -2.02. The predicted molar refractivity (Wildman–Crippen MR) is 104 cm³/mol. The summed E-state index contributed by atoms with van der Waals surface area (Å²) < 4.78 is 17.4. The number of nitrogens with one attached hydrogen (secondary N) is 1. The van der Waals surface area contributed by atoms with Crippen LogP contribution in [0.4, 0.5) is 9.52 Å². The van der Waals surface area contributed by atoms with E-state index in [9.17, 15) is 9.18 Å². The lowest BCUT2D eigenvalue weighted by molar-refractivity contribution is -0.121. The van der Waals surface area contributed by atoms with Gasteiger partial charge in [0.2, 0.25) is 11.0 Å². The normalized spacial score (nSPS) is 12.2. The van der Waals surface area contributed by atoms with Crippen molar-refractivity contribution in [3.63, 3.8) is 0 Å². The molecule has 142 valence electrons. The van der Waals surface area contributed by atoms with E-state index >= 15 is 0 Å². The zero-order valence-electron chi connectivity index (χ0n) is 15.8. The fourth-order valence-corrected chi connectivity index (χ4v) is 3.31. The zero-order chi connectivity index (χ0) is 19.1. The fraction of sp³-hybridized carbons (Fsp3) is 0.526. The lowest BCUT2D eigenvalue weighted by atomic mass is 10.1. The Bertz CT molecular complexity index is 702. The quantitative estimate of drug-likeness (QED) is 0.721. The number of halogens is 1. The lowest BCUT2D eigenvalue weighted by Crippen LogP contribution is -2.37. The molecular weight excluding hydrogens is 351 g/mol. The van der Waals surface area contributed by atoms with Crippen LogP contribution in [0.3, 0.4) is 0 Å². The highest BCUT2D eigenvalue weighted by atomic mass is 32.1. The third-order valence-electron chi connectivity index (χ3n) is 4.20. The number of benzene rings is 1. The number of hydrogen-bond donors (Lipinski definition) is 1. The van der Waals surface area contributed by atoms with E-state index in [1.807, 2.05) is 6.92 Å². The molecule has 1 heterocycles. The summed E-state index contributed by atoms with van der Waals surface area (Å²) in [5.74, 6) is 0.523. The molecule has 0 saturated carbocycles. The van der Waals surface area contributed by atoms with Crippen molar-refractivity contribution in [2.24, 2.45) is 0 Å². The second-order valence-electron chi connectivity index (χ2n) is 6.71. The maximum absolute atomic E-state index is 13.0. The van der Waals surface area contributed by atoms with E-state index in [0.717, 1.165) is 17.1 Å². The molecule has 0 aliphatic carbocycles. The highest BCUT2D eigenvalue weighted by molar-refractivity contribution is 7.09. The van der Waals surface area contributed by atoms with Gasteiger partial charge in [-0.3, -0.25) is 4.79 Å². The van der Waals surface area contributed by atoms with Gasteiger partial charge in [0.1, 0.15) is 11.6 Å². The largest absolute Gasteiger partial charge is 0.354 e. The summed E-state index contributed by atoms with van der Waals surface area (Å²) in [7, 11) is 0. The first-order valence-corrected chi connectivity index (χ1v) is 9.79. The second-order valence-corrected chi connectivity index (χ2v) is 7.44. The van der Waals surface area contributed by atoms with Crippen LogP contribution in [0.1, 0.15) is 51.9 Å². The first-order valence-electron chi connectivity index (χ1n) is 9.02. The molecule has 2 rings (SSSR count). The van der Waals surface area contributed by atoms with Crippen LogP contribution in [0.2, 0.25) is 0 Å². The summed E-state index contributed by atoms with van der Waals surface area (Å²) in [6.45, 7) is 8.81. The first kappa shape index (κ1) is 20.3. The van der Waals surface area contributed by atoms with Crippen LogP contribution in [-0.4, -0.2) is 33.9 Å². The van der Waals surface area contributed by atoms with Crippen molar-refractivity contribution in [2.75, 3.05) is 11.4 Å². The number of carbonyl (C=O) groups is 1. The molecule has 1 atom stereocenters. The molecule has 1 N–H and O–H groups in total. The summed E-state index contributed by atoms with van der Waals surface area (Å²) in [6, 6.07) is 6.79. The average Bonchev–Trinajstić information content (AvgIpc) is 3.04. The smallest absolute Gasteiger partial charge is 0.221 e. The van der Waals surface area contributed by atoms with E-state index in [2.05, 4.69) is 40.3 Å². The van der Waals surface area contributed by atoms with Gasteiger partial charge in [0.15, 0.2) is 0 Å². The zero-order valence-corrected chi connectivity index (χ0v) is 16.6. The molecule has 0 unspecified atom stereocenters. The van der Waals surface area contributed by atoms with Crippen LogP contribution in [0.15, 0.2) is 24.3 Å². The third-order valence-corrected chi connectivity index (χ3v) is 4.99. The Morgan fingerprint density at radius 2 is 1.96 bits per heavy atom. The van der Waals surface area contributed by atoms with Crippen LogP contribution in [0.25, 0.3) is 0 Å². The molecular formula is C19H27FN4OS. The van der Waals surface area contributed by atoms with Crippen LogP contribution in [-0.2, 0) is 11.2 Å². The monoisotopic (exact) mass is 378 g/mol. The van der Waals surface area contributed by atoms with E-state index in [-0.39, 0.29) is 23.8 Å². The Morgan fingerprint density at radius 1 is 1.27 bits per heavy atom. The highest BCUT2D eigenvalue weighted by Crippen LogP contribution is 2.21. The van der Waals surface area contributed by atoms with E-state index in [1.54, 1.807) is 12.1 Å². The minimum atomic E-state index is -0.248. The number of carbonyl (C=O) groups excluding carboxylic acids is 1. The Kier molecular flexibility index (Phi) is 7.50. The number of aromatic nitrogens is 2. The molecule has 1 aromatic carbocycles. The van der Waals surface area contributed by atoms with Gasteiger partial charge in [-0.25, -0.2) is 9.37 Å². The van der Waals surface area contributed by atoms with Gasteiger partial charge >= 0.3 is 0 Å². The molecule has 5 nitrogen and oxygen atoms in total. The van der Waals surface area contributed by atoms with Crippen molar-refractivity contribution < 1.29 is 9.18 Å². The minimum absolute atomic E-state index is 0.0565. The van der Waals surface area contributed by atoms with Gasteiger partial charge in [-0.2, -0.15) is 4.37 Å². The van der Waals surface area contributed by atoms with Crippen molar-refractivity contribution in [1.82, 2.24) is 14.7 Å². The summed E-state index contributed by atoms with van der Waals surface area (Å²) in [5.41, 5.74) is 0.972. The molecule has 0 aliphatic heterocycles. The number of nitrogens with zero attached hydrogens (tertiary/aromatic N) is 3. The predicted octanol–water partition coefficient (Wildman–Crippen LogP) is 3.79. The van der Waals surface area contributed by atoms with Crippen LogP contribution < -0.4 is 10.2 Å². The van der Waals surface area contributed by atoms with Gasteiger partial charge in [-0.1, -0.05) is 19.1 Å². The molecule has 0 spiro atoms. The third kappa shape index (κ3) is 6.05. The molecule has 2 aromatic rings. The van der Waals surface area contributed by atoms with Gasteiger partial charge in [-0.15, -0.1) is 0 Å². The van der Waals surface area contributed by atoms with Crippen molar-refractivity contribution >= 4 is 22.6 Å². The van der Waals surface area contributed by atoms with Gasteiger partial charge in [0.25, 0.3) is 0 Å².